The van der Waals surface area contributed by atoms with Gasteiger partial charge >= 0.3 is 6.03 Å². The molecule has 2 saturated heterocycles. The van der Waals surface area contributed by atoms with Crippen molar-refractivity contribution < 1.29 is 9.59 Å². The van der Waals surface area contributed by atoms with Crippen molar-refractivity contribution >= 4 is 11.9 Å². The third-order valence-corrected chi connectivity index (χ3v) is 3.83. The third-order valence-electron chi connectivity index (χ3n) is 3.83. The second kappa shape index (κ2) is 4.94. The van der Waals surface area contributed by atoms with Crippen LogP contribution in [0.1, 0.15) is 32.6 Å². The Balaban J connectivity index is 2.00. The SMILES string of the molecule is CC1CCC(=O)N(C2CCCN(C(N)=O)C2)C1. The van der Waals surface area contributed by atoms with Crippen molar-refractivity contribution in [2.75, 3.05) is 19.6 Å². The first-order chi connectivity index (χ1) is 8.08. The molecule has 96 valence electrons. The van der Waals surface area contributed by atoms with Crippen LogP contribution >= 0.6 is 0 Å². The number of nitrogens with two attached hydrogens (primary N) is 1. The average Bonchev–Trinajstić information content (AvgIpc) is 2.32. The Morgan fingerprint density at radius 1 is 1.35 bits per heavy atom. The lowest BCUT2D eigenvalue weighted by Crippen LogP contribution is -2.55. The Morgan fingerprint density at radius 2 is 2.12 bits per heavy atom. The molecule has 0 spiro atoms. The van der Waals surface area contributed by atoms with Crippen molar-refractivity contribution in [1.29, 1.82) is 0 Å². The van der Waals surface area contributed by atoms with Crippen LogP contribution in [0.4, 0.5) is 4.79 Å². The van der Waals surface area contributed by atoms with E-state index in [0.717, 1.165) is 32.4 Å². The standard InChI is InChI=1S/C12H21N3O2/c1-9-4-5-11(16)15(7-9)10-3-2-6-14(8-10)12(13)17/h9-10H,2-8H2,1H3,(H2,13,17). The minimum atomic E-state index is -0.368. The number of hydrogen-bond acceptors (Lipinski definition) is 2. The van der Waals surface area contributed by atoms with E-state index in [9.17, 15) is 9.59 Å². The maximum Gasteiger partial charge on any atom is 0.314 e. The van der Waals surface area contributed by atoms with E-state index < -0.39 is 0 Å². The highest BCUT2D eigenvalue weighted by atomic mass is 16.2. The van der Waals surface area contributed by atoms with Crippen LogP contribution < -0.4 is 5.73 Å². The second-order valence-electron chi connectivity index (χ2n) is 5.27. The third kappa shape index (κ3) is 2.70. The van der Waals surface area contributed by atoms with Crippen LogP contribution in [0, 0.1) is 5.92 Å². The van der Waals surface area contributed by atoms with Gasteiger partial charge in [0.15, 0.2) is 0 Å². The smallest absolute Gasteiger partial charge is 0.314 e. The summed E-state index contributed by atoms with van der Waals surface area (Å²) in [5.74, 6) is 0.802. The largest absolute Gasteiger partial charge is 0.351 e. The second-order valence-corrected chi connectivity index (χ2v) is 5.27. The van der Waals surface area contributed by atoms with Gasteiger partial charge in [0.05, 0.1) is 0 Å². The lowest BCUT2D eigenvalue weighted by atomic mass is 9.95. The summed E-state index contributed by atoms with van der Waals surface area (Å²) in [6.07, 6.45) is 3.56. The summed E-state index contributed by atoms with van der Waals surface area (Å²) in [6, 6.07) is -0.196. The van der Waals surface area contributed by atoms with E-state index in [0.29, 0.717) is 18.9 Å². The van der Waals surface area contributed by atoms with Gasteiger partial charge in [0.2, 0.25) is 5.91 Å². The Labute approximate surface area is 102 Å². The predicted octanol–water partition coefficient (Wildman–Crippen LogP) is 0.788. The number of hydrogen-bond donors (Lipinski definition) is 1. The molecule has 2 heterocycles. The van der Waals surface area contributed by atoms with Gasteiger partial charge in [0.1, 0.15) is 0 Å². The number of urea groups is 1. The van der Waals surface area contributed by atoms with Crippen LogP contribution in [0.2, 0.25) is 0 Å². The average molecular weight is 239 g/mol. The molecule has 0 radical (unpaired) electrons. The van der Waals surface area contributed by atoms with Gasteiger partial charge in [-0.3, -0.25) is 4.79 Å². The number of primary amides is 1. The van der Waals surface area contributed by atoms with Crippen LogP contribution in [-0.2, 0) is 4.79 Å². The molecule has 0 aromatic carbocycles. The van der Waals surface area contributed by atoms with Crippen LogP contribution in [0.15, 0.2) is 0 Å². The molecule has 2 aliphatic rings. The van der Waals surface area contributed by atoms with Crippen LogP contribution in [0.25, 0.3) is 0 Å². The van der Waals surface area contributed by atoms with Gasteiger partial charge in [-0.15, -0.1) is 0 Å². The lowest BCUT2D eigenvalue weighted by Gasteiger charge is -2.42. The van der Waals surface area contributed by atoms with E-state index in [-0.39, 0.29) is 18.0 Å². The molecule has 2 atom stereocenters. The number of piperidine rings is 2. The zero-order valence-corrected chi connectivity index (χ0v) is 10.4. The molecule has 0 aliphatic carbocycles. The van der Waals surface area contributed by atoms with Crippen LogP contribution in [0.3, 0.4) is 0 Å². The molecule has 3 amide bonds. The fraction of sp³-hybridized carbons (Fsp3) is 0.833. The quantitative estimate of drug-likeness (QED) is 0.735. The molecule has 2 N–H and O–H groups in total. The van der Waals surface area contributed by atoms with Crippen LogP contribution in [0.5, 0.6) is 0 Å². The highest BCUT2D eigenvalue weighted by Gasteiger charge is 2.32. The maximum atomic E-state index is 11.9. The molecule has 0 bridgehead atoms. The Bertz CT molecular complexity index is 319. The van der Waals surface area contributed by atoms with Crippen LogP contribution in [-0.4, -0.2) is 47.4 Å². The van der Waals surface area contributed by atoms with Crippen molar-refractivity contribution in [1.82, 2.24) is 9.80 Å². The monoisotopic (exact) mass is 239 g/mol. The number of likely N-dealkylation sites (tertiary alicyclic amines) is 2. The first-order valence-corrected chi connectivity index (χ1v) is 6.41. The van der Waals surface area contributed by atoms with Crippen molar-refractivity contribution in [3.8, 4) is 0 Å². The molecule has 5 nitrogen and oxygen atoms in total. The molecule has 5 heteroatoms. The Hall–Kier alpha value is -1.26. The number of nitrogens with zero attached hydrogens (tertiary/aromatic N) is 2. The number of carbonyl (C=O) groups is 2. The fourth-order valence-corrected chi connectivity index (χ4v) is 2.80. The van der Waals surface area contributed by atoms with E-state index in [2.05, 4.69) is 6.92 Å². The number of amides is 3. The minimum Gasteiger partial charge on any atom is -0.351 e. The normalized spacial score (nSPS) is 30.5. The van der Waals surface area contributed by atoms with E-state index in [1.807, 2.05) is 4.90 Å². The molecule has 0 aromatic heterocycles. The van der Waals surface area contributed by atoms with Crippen molar-refractivity contribution in [2.45, 2.75) is 38.6 Å². The van der Waals surface area contributed by atoms with E-state index in [1.54, 1.807) is 4.90 Å². The molecule has 2 unspecified atom stereocenters. The first kappa shape index (κ1) is 12.2. The first-order valence-electron chi connectivity index (χ1n) is 6.41. The Morgan fingerprint density at radius 3 is 2.82 bits per heavy atom. The lowest BCUT2D eigenvalue weighted by molar-refractivity contribution is -0.138. The highest BCUT2D eigenvalue weighted by molar-refractivity contribution is 5.77. The van der Waals surface area contributed by atoms with Crippen molar-refractivity contribution in [2.24, 2.45) is 11.7 Å². The topological polar surface area (TPSA) is 66.6 Å². The zero-order chi connectivity index (χ0) is 12.4. The van der Waals surface area contributed by atoms with Gasteiger partial charge in [-0.25, -0.2) is 4.79 Å². The van der Waals surface area contributed by atoms with Gasteiger partial charge in [0, 0.05) is 32.1 Å². The fourth-order valence-electron chi connectivity index (χ4n) is 2.80. The molecule has 2 aliphatic heterocycles. The summed E-state index contributed by atoms with van der Waals surface area (Å²) in [5.41, 5.74) is 5.30. The van der Waals surface area contributed by atoms with Gasteiger partial charge in [-0.2, -0.15) is 0 Å². The van der Waals surface area contributed by atoms with E-state index >= 15 is 0 Å². The van der Waals surface area contributed by atoms with Crippen molar-refractivity contribution in [3.05, 3.63) is 0 Å². The zero-order valence-electron chi connectivity index (χ0n) is 10.4. The summed E-state index contributed by atoms with van der Waals surface area (Å²) in [5, 5.41) is 0. The number of rotatable bonds is 1. The molecule has 0 saturated carbocycles. The maximum absolute atomic E-state index is 11.9. The summed E-state index contributed by atoms with van der Waals surface area (Å²) in [4.78, 5) is 26.7. The summed E-state index contributed by atoms with van der Waals surface area (Å²) < 4.78 is 0. The van der Waals surface area contributed by atoms with E-state index in [4.69, 9.17) is 5.73 Å². The highest BCUT2D eigenvalue weighted by Crippen LogP contribution is 2.23. The molecule has 17 heavy (non-hydrogen) atoms. The van der Waals surface area contributed by atoms with Gasteiger partial charge in [-0.1, -0.05) is 6.92 Å². The van der Waals surface area contributed by atoms with Gasteiger partial charge < -0.3 is 15.5 Å². The van der Waals surface area contributed by atoms with Gasteiger partial charge in [0.25, 0.3) is 0 Å². The predicted molar refractivity (Wildman–Crippen MR) is 64.3 cm³/mol. The minimum absolute atomic E-state index is 0.173. The summed E-state index contributed by atoms with van der Waals surface area (Å²) in [7, 11) is 0. The summed E-state index contributed by atoms with van der Waals surface area (Å²) in [6.45, 7) is 4.33. The molecular weight excluding hydrogens is 218 g/mol. The molecule has 2 rings (SSSR count). The molecular formula is C12H21N3O2. The summed E-state index contributed by atoms with van der Waals surface area (Å²) >= 11 is 0. The Kier molecular flexibility index (Phi) is 3.54. The molecule has 0 aromatic rings. The van der Waals surface area contributed by atoms with Gasteiger partial charge in [-0.05, 0) is 25.2 Å². The number of carbonyl (C=O) groups excluding carboxylic acids is 2. The van der Waals surface area contributed by atoms with E-state index in [1.165, 1.54) is 0 Å². The molecule has 2 fully saturated rings. The van der Waals surface area contributed by atoms with Crippen molar-refractivity contribution in [3.63, 3.8) is 0 Å².